The topological polar surface area (TPSA) is 44.8 Å². The Labute approximate surface area is 132 Å². The van der Waals surface area contributed by atoms with Gasteiger partial charge in [-0.15, -0.1) is 0 Å². The van der Waals surface area contributed by atoms with Gasteiger partial charge in [-0.2, -0.15) is 0 Å². The molecule has 4 heteroatoms. The smallest absolute Gasteiger partial charge is 0.342 e. The summed E-state index contributed by atoms with van der Waals surface area (Å²) in [6.07, 6.45) is 2.25. The van der Waals surface area contributed by atoms with E-state index in [4.69, 9.17) is 14.2 Å². The van der Waals surface area contributed by atoms with Crippen LogP contribution in [0.25, 0.3) is 5.57 Å². The first kappa shape index (κ1) is 16.6. The first-order valence-corrected chi connectivity index (χ1v) is 8.00. The van der Waals surface area contributed by atoms with Crippen LogP contribution in [0.4, 0.5) is 0 Å². The van der Waals surface area contributed by atoms with Crippen LogP contribution in [0.5, 0.6) is 0 Å². The lowest BCUT2D eigenvalue weighted by molar-refractivity contribution is -0.138. The minimum atomic E-state index is -0.453. The van der Waals surface area contributed by atoms with Crippen LogP contribution in [0.3, 0.4) is 0 Å². The zero-order valence-electron chi connectivity index (χ0n) is 13.6. The highest BCUT2D eigenvalue weighted by molar-refractivity contribution is 6.17. The average Bonchev–Trinajstić information content (AvgIpc) is 2.53. The number of allylic oxidation sites excluding steroid dienone is 1. The average molecular weight is 304 g/mol. The van der Waals surface area contributed by atoms with Crippen molar-refractivity contribution < 1.29 is 19.0 Å². The van der Waals surface area contributed by atoms with Crippen LogP contribution in [-0.4, -0.2) is 19.2 Å². The van der Waals surface area contributed by atoms with E-state index in [9.17, 15) is 4.79 Å². The predicted molar refractivity (Wildman–Crippen MR) is 85.0 cm³/mol. The normalized spacial score (nSPS) is 17.0. The van der Waals surface area contributed by atoms with Crippen LogP contribution < -0.4 is 0 Å². The summed E-state index contributed by atoms with van der Waals surface area (Å²) in [5.41, 5.74) is 2.28. The van der Waals surface area contributed by atoms with E-state index in [0.717, 1.165) is 24.0 Å². The lowest BCUT2D eigenvalue weighted by Crippen LogP contribution is -2.21. The van der Waals surface area contributed by atoms with Gasteiger partial charge in [-0.05, 0) is 20.3 Å². The summed E-state index contributed by atoms with van der Waals surface area (Å²) in [7, 11) is 0. The standard InChI is InChI=1S/C18H24O4/c1-4-7-12-15-16(17(19)20-5-2)13-10-8-9-11-14(13)18(22-15)21-6-3/h8-11,18H,4-7,12H2,1-3H3. The number of ether oxygens (including phenoxy) is 3. The van der Waals surface area contributed by atoms with Gasteiger partial charge < -0.3 is 14.2 Å². The summed E-state index contributed by atoms with van der Waals surface area (Å²) >= 11 is 0. The zero-order valence-corrected chi connectivity index (χ0v) is 13.6. The fraction of sp³-hybridized carbons (Fsp3) is 0.500. The van der Waals surface area contributed by atoms with E-state index in [1.807, 2.05) is 38.1 Å². The van der Waals surface area contributed by atoms with Crippen molar-refractivity contribution in [2.24, 2.45) is 0 Å². The maximum absolute atomic E-state index is 12.4. The first-order chi connectivity index (χ1) is 10.7. The maximum atomic E-state index is 12.4. The summed E-state index contributed by atoms with van der Waals surface area (Å²) in [6, 6.07) is 7.71. The van der Waals surface area contributed by atoms with Gasteiger partial charge in [0.1, 0.15) is 11.3 Å². The summed E-state index contributed by atoms with van der Waals surface area (Å²) in [4.78, 5) is 12.4. The summed E-state index contributed by atoms with van der Waals surface area (Å²) in [5, 5.41) is 0. The molecule has 0 N–H and O–H groups in total. The molecule has 0 bridgehead atoms. The van der Waals surface area contributed by atoms with E-state index >= 15 is 0 Å². The second-order valence-corrected chi connectivity index (χ2v) is 5.11. The number of carbonyl (C=O) groups is 1. The van der Waals surface area contributed by atoms with Gasteiger partial charge in [0.2, 0.25) is 6.29 Å². The molecule has 0 aromatic heterocycles. The van der Waals surface area contributed by atoms with E-state index in [-0.39, 0.29) is 5.97 Å². The third-order valence-corrected chi connectivity index (χ3v) is 3.57. The molecule has 0 aliphatic carbocycles. The Bertz CT molecular complexity index is 548. The van der Waals surface area contributed by atoms with E-state index < -0.39 is 6.29 Å². The number of rotatable bonds is 7. The Hall–Kier alpha value is -1.81. The van der Waals surface area contributed by atoms with Crippen molar-refractivity contribution in [3.05, 3.63) is 41.2 Å². The molecule has 0 amide bonds. The number of benzene rings is 1. The molecule has 120 valence electrons. The molecule has 1 aromatic rings. The summed E-state index contributed by atoms with van der Waals surface area (Å²) in [6.45, 7) is 6.75. The van der Waals surface area contributed by atoms with Crippen LogP contribution >= 0.6 is 0 Å². The van der Waals surface area contributed by atoms with Crippen LogP contribution in [0.2, 0.25) is 0 Å². The van der Waals surface area contributed by atoms with Gasteiger partial charge in [-0.25, -0.2) is 4.79 Å². The van der Waals surface area contributed by atoms with E-state index in [1.54, 1.807) is 0 Å². The van der Waals surface area contributed by atoms with Crippen LogP contribution in [-0.2, 0) is 19.0 Å². The van der Waals surface area contributed by atoms with Gasteiger partial charge in [-0.3, -0.25) is 0 Å². The van der Waals surface area contributed by atoms with E-state index in [2.05, 4.69) is 6.92 Å². The maximum Gasteiger partial charge on any atom is 0.342 e. The molecule has 1 aliphatic rings. The van der Waals surface area contributed by atoms with Gasteiger partial charge in [0.05, 0.1) is 6.61 Å². The molecule has 4 nitrogen and oxygen atoms in total. The Morgan fingerprint density at radius 1 is 1.18 bits per heavy atom. The SMILES string of the molecule is CCCCC1=C(C(=O)OCC)c2ccccc2C(OCC)O1. The molecule has 0 radical (unpaired) electrons. The molecule has 0 saturated carbocycles. The van der Waals surface area contributed by atoms with Crippen molar-refractivity contribution in [1.82, 2.24) is 0 Å². The second-order valence-electron chi connectivity index (χ2n) is 5.11. The molecule has 1 heterocycles. The van der Waals surface area contributed by atoms with Gasteiger partial charge in [0.25, 0.3) is 0 Å². The first-order valence-electron chi connectivity index (χ1n) is 8.00. The third kappa shape index (κ3) is 3.50. The molecule has 0 saturated heterocycles. The monoisotopic (exact) mass is 304 g/mol. The van der Waals surface area contributed by atoms with Crippen molar-refractivity contribution in [2.75, 3.05) is 13.2 Å². The van der Waals surface area contributed by atoms with E-state index in [0.29, 0.717) is 31.0 Å². The molecule has 1 unspecified atom stereocenters. The number of hydrogen-bond acceptors (Lipinski definition) is 4. The van der Waals surface area contributed by atoms with Gasteiger partial charge in [-0.1, -0.05) is 37.6 Å². The fourth-order valence-corrected chi connectivity index (χ4v) is 2.56. The minimum absolute atomic E-state index is 0.323. The second kappa shape index (κ2) is 7.99. The fourth-order valence-electron chi connectivity index (χ4n) is 2.56. The molecular formula is C18H24O4. The lowest BCUT2D eigenvalue weighted by atomic mass is 9.94. The zero-order chi connectivity index (χ0) is 15.9. The highest BCUT2D eigenvalue weighted by Crippen LogP contribution is 2.39. The lowest BCUT2D eigenvalue weighted by Gasteiger charge is -2.29. The number of unbranched alkanes of at least 4 members (excludes halogenated alkanes) is 1. The molecule has 2 rings (SSSR count). The molecular weight excluding hydrogens is 280 g/mol. The molecule has 1 aliphatic heterocycles. The van der Waals surface area contributed by atoms with Crippen molar-refractivity contribution in [3.63, 3.8) is 0 Å². The quantitative estimate of drug-likeness (QED) is 0.708. The number of carbonyl (C=O) groups excluding carboxylic acids is 1. The molecule has 0 spiro atoms. The number of esters is 1. The largest absolute Gasteiger partial charge is 0.464 e. The van der Waals surface area contributed by atoms with Crippen molar-refractivity contribution >= 4 is 11.5 Å². The highest BCUT2D eigenvalue weighted by atomic mass is 16.7. The molecule has 0 fully saturated rings. The Balaban J connectivity index is 2.47. The number of hydrogen-bond donors (Lipinski definition) is 0. The van der Waals surface area contributed by atoms with E-state index in [1.165, 1.54) is 0 Å². The minimum Gasteiger partial charge on any atom is -0.464 e. The van der Waals surface area contributed by atoms with Crippen molar-refractivity contribution in [3.8, 4) is 0 Å². The molecule has 1 aromatic carbocycles. The van der Waals surface area contributed by atoms with Crippen LogP contribution in [0.15, 0.2) is 30.0 Å². The number of fused-ring (bicyclic) bond motifs is 1. The van der Waals surface area contributed by atoms with Crippen molar-refractivity contribution in [1.29, 1.82) is 0 Å². The molecule has 1 atom stereocenters. The predicted octanol–water partition coefficient (Wildman–Crippen LogP) is 4.22. The summed E-state index contributed by atoms with van der Waals surface area (Å²) in [5.74, 6) is 0.355. The van der Waals surface area contributed by atoms with Crippen LogP contribution in [0, 0.1) is 0 Å². The Morgan fingerprint density at radius 2 is 1.95 bits per heavy atom. The van der Waals surface area contributed by atoms with Gasteiger partial charge in [0, 0.05) is 24.2 Å². The van der Waals surface area contributed by atoms with Crippen LogP contribution in [0.1, 0.15) is 57.5 Å². The van der Waals surface area contributed by atoms with Gasteiger partial charge in [0.15, 0.2) is 0 Å². The Morgan fingerprint density at radius 3 is 2.64 bits per heavy atom. The van der Waals surface area contributed by atoms with Crippen molar-refractivity contribution in [2.45, 2.75) is 46.3 Å². The molecule has 22 heavy (non-hydrogen) atoms. The Kier molecular flexibility index (Phi) is 6.01. The highest BCUT2D eigenvalue weighted by Gasteiger charge is 2.32. The summed E-state index contributed by atoms with van der Waals surface area (Å²) < 4.78 is 16.9. The third-order valence-electron chi connectivity index (χ3n) is 3.57. The van der Waals surface area contributed by atoms with Gasteiger partial charge >= 0.3 is 5.97 Å².